The zero-order valence-corrected chi connectivity index (χ0v) is 16.2. The van der Waals surface area contributed by atoms with Crippen molar-refractivity contribution in [2.24, 2.45) is 22.4 Å². The second kappa shape index (κ2) is 8.24. The quantitative estimate of drug-likeness (QED) is 0.654. The van der Waals surface area contributed by atoms with Gasteiger partial charge in [-0.3, -0.25) is 0 Å². The van der Waals surface area contributed by atoms with E-state index >= 15 is 0 Å². The highest BCUT2D eigenvalue weighted by Gasteiger charge is 2.32. The number of hydrogen-bond donors (Lipinski definition) is 3. The molecule has 1 aliphatic carbocycles. The lowest BCUT2D eigenvalue weighted by molar-refractivity contribution is 0.213. The third kappa shape index (κ3) is 3.72. The molecule has 1 fully saturated rings. The van der Waals surface area contributed by atoms with E-state index in [0.29, 0.717) is 36.7 Å². The number of nitrogens with two attached hydrogens (primary N) is 2. The van der Waals surface area contributed by atoms with Gasteiger partial charge in [0.15, 0.2) is 17.3 Å². The molecule has 0 aromatic heterocycles. The molecule has 1 aromatic carbocycles. The molecule has 0 spiro atoms. The first-order valence-corrected chi connectivity index (χ1v) is 10.1. The summed E-state index contributed by atoms with van der Waals surface area (Å²) in [6.07, 6.45) is 7.31. The summed E-state index contributed by atoms with van der Waals surface area (Å²) >= 11 is 0. The molecule has 0 bridgehead atoms. The van der Waals surface area contributed by atoms with Crippen LogP contribution in [0.5, 0.6) is 11.5 Å². The molecule has 0 unspecified atom stereocenters. The highest BCUT2D eigenvalue weighted by molar-refractivity contribution is 6.11. The number of anilines is 1. The second-order valence-electron chi connectivity index (χ2n) is 7.53. The van der Waals surface area contributed by atoms with Gasteiger partial charge in [-0.25, -0.2) is 4.99 Å². The van der Waals surface area contributed by atoms with Gasteiger partial charge < -0.3 is 31.2 Å². The Bertz CT molecular complexity index is 796. The first kappa shape index (κ1) is 18.8. The fourth-order valence-corrected chi connectivity index (χ4v) is 3.98. The Hall–Kier alpha value is -2.51. The van der Waals surface area contributed by atoms with Crippen LogP contribution in [0.15, 0.2) is 47.6 Å². The first-order valence-electron chi connectivity index (χ1n) is 10.1. The molecule has 0 amide bonds. The number of nitrogens with zero attached hydrogens (tertiary/aromatic N) is 2. The van der Waals surface area contributed by atoms with E-state index in [4.69, 9.17) is 20.9 Å². The van der Waals surface area contributed by atoms with Crippen LogP contribution in [-0.2, 0) is 0 Å². The van der Waals surface area contributed by atoms with Crippen molar-refractivity contribution in [1.29, 1.82) is 0 Å². The van der Waals surface area contributed by atoms with E-state index in [1.54, 1.807) is 0 Å². The molecule has 28 heavy (non-hydrogen) atoms. The minimum Gasteiger partial charge on any atom is -0.491 e. The Morgan fingerprint density at radius 2 is 2.07 bits per heavy atom. The van der Waals surface area contributed by atoms with Gasteiger partial charge in [-0.05, 0) is 63.2 Å². The summed E-state index contributed by atoms with van der Waals surface area (Å²) in [6.45, 7) is 6.11. The number of ether oxygens (including phenoxy) is 2. The molecular weight excluding hydrogens is 354 g/mol. The molecule has 150 valence electrons. The van der Waals surface area contributed by atoms with Crippen LogP contribution in [0.2, 0.25) is 0 Å². The number of amidine groups is 1. The SMILES string of the molecule is C=C1N=C2Nc3c(OCCCN)cccc3OC2=CN1[C@H]1CC[C@H](CN)CC1. The molecule has 2 aliphatic heterocycles. The van der Waals surface area contributed by atoms with Gasteiger partial charge in [0.2, 0.25) is 0 Å². The van der Waals surface area contributed by atoms with E-state index in [1.807, 2.05) is 24.4 Å². The maximum Gasteiger partial charge on any atom is 0.186 e. The smallest absolute Gasteiger partial charge is 0.186 e. The van der Waals surface area contributed by atoms with Crippen LogP contribution in [0.4, 0.5) is 5.69 Å². The van der Waals surface area contributed by atoms with Crippen molar-refractivity contribution in [2.45, 2.75) is 38.1 Å². The van der Waals surface area contributed by atoms with Gasteiger partial charge in [-0.2, -0.15) is 0 Å². The van der Waals surface area contributed by atoms with Gasteiger partial charge in [0, 0.05) is 6.04 Å². The summed E-state index contributed by atoms with van der Waals surface area (Å²) < 4.78 is 12.0. The summed E-state index contributed by atoms with van der Waals surface area (Å²) in [5.74, 6) is 4.21. The Morgan fingerprint density at radius 3 is 2.82 bits per heavy atom. The average molecular weight is 383 g/mol. The summed E-state index contributed by atoms with van der Waals surface area (Å²) in [4.78, 5) is 6.83. The molecule has 1 saturated carbocycles. The third-order valence-corrected chi connectivity index (χ3v) is 5.63. The van der Waals surface area contributed by atoms with Crippen LogP contribution < -0.4 is 26.3 Å². The van der Waals surface area contributed by atoms with Crippen LogP contribution in [0.1, 0.15) is 32.1 Å². The predicted octanol–water partition coefficient (Wildman–Crippen LogP) is 2.76. The molecule has 5 N–H and O–H groups in total. The summed E-state index contributed by atoms with van der Waals surface area (Å²) in [6, 6.07) is 6.16. The molecule has 2 heterocycles. The van der Waals surface area contributed by atoms with Crippen LogP contribution in [0.3, 0.4) is 0 Å². The lowest BCUT2D eigenvalue weighted by atomic mass is 9.85. The molecule has 0 radical (unpaired) electrons. The number of nitrogens with one attached hydrogen (secondary N) is 1. The van der Waals surface area contributed by atoms with E-state index in [0.717, 1.165) is 61.7 Å². The normalized spacial score (nSPS) is 23.6. The lowest BCUT2D eigenvalue weighted by Crippen LogP contribution is -2.39. The zero-order valence-electron chi connectivity index (χ0n) is 16.2. The average Bonchev–Trinajstić information content (AvgIpc) is 2.72. The largest absolute Gasteiger partial charge is 0.491 e. The van der Waals surface area contributed by atoms with Gasteiger partial charge in [-0.15, -0.1) is 0 Å². The monoisotopic (exact) mass is 383 g/mol. The molecular formula is C21H29N5O2. The van der Waals surface area contributed by atoms with Crippen molar-refractivity contribution in [3.63, 3.8) is 0 Å². The number of benzene rings is 1. The van der Waals surface area contributed by atoms with Crippen molar-refractivity contribution in [3.8, 4) is 11.5 Å². The van der Waals surface area contributed by atoms with Gasteiger partial charge in [0.25, 0.3) is 0 Å². The van der Waals surface area contributed by atoms with Crippen LogP contribution in [0.25, 0.3) is 0 Å². The minimum absolute atomic E-state index is 0.393. The third-order valence-electron chi connectivity index (χ3n) is 5.63. The lowest BCUT2D eigenvalue weighted by Gasteiger charge is -2.38. The van der Waals surface area contributed by atoms with Crippen LogP contribution in [-0.4, -0.2) is 36.5 Å². The van der Waals surface area contributed by atoms with Crippen molar-refractivity contribution >= 4 is 11.5 Å². The highest BCUT2D eigenvalue weighted by atomic mass is 16.5. The van der Waals surface area contributed by atoms with Crippen molar-refractivity contribution in [1.82, 2.24) is 4.90 Å². The minimum atomic E-state index is 0.393. The Kier molecular flexibility index (Phi) is 5.54. The van der Waals surface area contributed by atoms with E-state index in [1.165, 1.54) is 0 Å². The Balaban J connectivity index is 1.52. The van der Waals surface area contributed by atoms with Crippen molar-refractivity contribution in [2.75, 3.05) is 25.0 Å². The number of rotatable bonds is 6. The molecule has 0 saturated heterocycles. The van der Waals surface area contributed by atoms with Gasteiger partial charge in [0.05, 0.1) is 12.8 Å². The first-order chi connectivity index (χ1) is 13.7. The summed E-state index contributed by atoms with van der Waals surface area (Å²) in [5, 5.41) is 3.36. The number of hydrogen-bond acceptors (Lipinski definition) is 7. The van der Waals surface area contributed by atoms with Crippen LogP contribution >= 0.6 is 0 Å². The topological polar surface area (TPSA) is 98.1 Å². The fraction of sp³-hybridized carbons (Fsp3) is 0.476. The zero-order chi connectivity index (χ0) is 19.5. The maximum atomic E-state index is 6.15. The Morgan fingerprint density at radius 1 is 1.25 bits per heavy atom. The number of para-hydroxylation sites is 1. The Labute approximate surface area is 166 Å². The van der Waals surface area contributed by atoms with E-state index in [-0.39, 0.29) is 0 Å². The molecule has 7 heteroatoms. The van der Waals surface area contributed by atoms with Crippen LogP contribution in [0, 0.1) is 5.92 Å². The van der Waals surface area contributed by atoms with Crippen molar-refractivity contribution < 1.29 is 9.47 Å². The molecule has 3 aliphatic rings. The fourth-order valence-electron chi connectivity index (χ4n) is 3.98. The van der Waals surface area contributed by atoms with Gasteiger partial charge >= 0.3 is 0 Å². The van der Waals surface area contributed by atoms with Gasteiger partial charge in [0.1, 0.15) is 17.3 Å². The van der Waals surface area contributed by atoms with Crippen molar-refractivity contribution in [3.05, 3.63) is 42.6 Å². The summed E-state index contributed by atoms with van der Waals surface area (Å²) in [7, 11) is 0. The molecule has 1 aromatic rings. The highest BCUT2D eigenvalue weighted by Crippen LogP contribution is 2.41. The number of fused-ring (bicyclic) bond motifs is 2. The summed E-state index contributed by atoms with van der Waals surface area (Å²) in [5.41, 5.74) is 12.2. The van der Waals surface area contributed by atoms with Gasteiger partial charge in [-0.1, -0.05) is 12.6 Å². The molecule has 7 nitrogen and oxygen atoms in total. The standard InChI is InChI=1S/C21H29N5O2/c1-14-24-21-19(13-26(14)16-8-6-15(12-23)7-9-16)28-18-5-2-4-17(20(18)25-21)27-11-3-10-22/h2,4-5,13,15-16H,1,3,6-12,22-23H2,(H,24,25)/t15-,16-. The molecule has 0 atom stereocenters. The van der Waals surface area contributed by atoms with E-state index in [2.05, 4.69) is 21.8 Å². The molecule has 4 rings (SSSR count). The number of aliphatic imine (C=N–C) groups is 1. The van der Waals surface area contributed by atoms with E-state index in [9.17, 15) is 0 Å². The maximum absolute atomic E-state index is 6.15. The predicted molar refractivity (Wildman–Crippen MR) is 111 cm³/mol. The second-order valence-corrected chi connectivity index (χ2v) is 7.53. The van der Waals surface area contributed by atoms with E-state index < -0.39 is 0 Å².